The molecule has 0 bridgehead atoms. The molecule has 1 heterocycles. The molecule has 0 saturated heterocycles. The van der Waals surface area contributed by atoms with Crippen LogP contribution in [0.25, 0.3) is 0 Å². The van der Waals surface area contributed by atoms with Crippen LogP contribution in [0.15, 0.2) is 24.3 Å². The van der Waals surface area contributed by atoms with Crippen molar-refractivity contribution in [2.24, 2.45) is 0 Å². The number of aromatic nitrogens is 2. The van der Waals surface area contributed by atoms with Crippen LogP contribution in [0.5, 0.6) is 0 Å². The maximum atomic E-state index is 12.1. The van der Waals surface area contributed by atoms with Crippen LogP contribution in [-0.2, 0) is 11.3 Å². The minimum atomic E-state index is -0.499. The van der Waals surface area contributed by atoms with Crippen molar-refractivity contribution in [1.82, 2.24) is 9.78 Å². The van der Waals surface area contributed by atoms with Gasteiger partial charge in [0, 0.05) is 6.42 Å². The quantitative estimate of drug-likeness (QED) is 0.598. The monoisotopic (exact) mass is 331 g/mol. The molecule has 0 aliphatic heterocycles. The van der Waals surface area contributed by atoms with E-state index in [1.807, 2.05) is 37.3 Å². The third-order valence-electron chi connectivity index (χ3n) is 3.39. The van der Waals surface area contributed by atoms with Crippen LogP contribution >= 0.6 is 11.6 Å². The summed E-state index contributed by atoms with van der Waals surface area (Å²) in [6.07, 6.45) is 0.864. The maximum Gasteiger partial charge on any atom is 0.343 e. The normalized spacial score (nSPS) is 10.3. The van der Waals surface area contributed by atoms with Gasteiger partial charge in [-0.3, -0.25) is 0 Å². The molecule has 0 saturated carbocycles. The van der Waals surface area contributed by atoms with E-state index in [9.17, 15) is 4.79 Å². The number of benzene rings is 1. The van der Waals surface area contributed by atoms with Gasteiger partial charge in [-0.05, 0) is 25.8 Å². The Hall–Kier alpha value is -2.32. The molecule has 0 fully saturated rings. The van der Waals surface area contributed by atoms with Gasteiger partial charge in [-0.15, -0.1) is 0 Å². The number of hydrogen-bond acceptors (Lipinski definition) is 4. The second-order valence-electron chi connectivity index (χ2n) is 5.29. The fourth-order valence-electron chi connectivity index (χ4n) is 2.14. The number of nitrogens with zero attached hydrogens (tertiary/aromatic N) is 3. The third-order valence-corrected chi connectivity index (χ3v) is 3.77. The lowest BCUT2D eigenvalue weighted by atomic mass is 10.1. The van der Waals surface area contributed by atoms with Gasteiger partial charge in [-0.1, -0.05) is 41.4 Å². The van der Waals surface area contributed by atoms with E-state index >= 15 is 0 Å². The first-order chi connectivity index (χ1) is 11.0. The SMILES string of the molecule is Cc1ccc(Cn2nc(C)c(C(=O)OCCCC#N)c2Cl)cc1. The summed E-state index contributed by atoms with van der Waals surface area (Å²) in [7, 11) is 0. The number of carbonyl (C=O) groups excluding carboxylic acids is 1. The van der Waals surface area contributed by atoms with Gasteiger partial charge in [0.15, 0.2) is 0 Å². The van der Waals surface area contributed by atoms with Crippen LogP contribution in [0, 0.1) is 25.2 Å². The highest BCUT2D eigenvalue weighted by atomic mass is 35.5. The molecule has 1 aromatic heterocycles. The fraction of sp³-hybridized carbons (Fsp3) is 0.353. The molecule has 23 heavy (non-hydrogen) atoms. The predicted octanol–water partition coefficient (Wildman–Crippen LogP) is 3.66. The van der Waals surface area contributed by atoms with Crippen LogP contribution < -0.4 is 0 Å². The van der Waals surface area contributed by atoms with Crippen LogP contribution in [0.1, 0.15) is 40.0 Å². The molecule has 0 aliphatic carbocycles. The van der Waals surface area contributed by atoms with Crippen molar-refractivity contribution >= 4 is 17.6 Å². The average Bonchev–Trinajstić information content (AvgIpc) is 2.80. The molecule has 0 atom stereocenters. The molecule has 1 aromatic carbocycles. The number of ether oxygens (including phenoxy) is 1. The average molecular weight is 332 g/mol. The minimum Gasteiger partial charge on any atom is -0.462 e. The van der Waals surface area contributed by atoms with E-state index in [-0.39, 0.29) is 17.3 Å². The zero-order valence-corrected chi connectivity index (χ0v) is 13.9. The van der Waals surface area contributed by atoms with E-state index in [1.54, 1.807) is 11.6 Å². The molecule has 0 aliphatic rings. The summed E-state index contributed by atoms with van der Waals surface area (Å²) >= 11 is 6.29. The van der Waals surface area contributed by atoms with Gasteiger partial charge in [-0.25, -0.2) is 9.48 Å². The standard InChI is InChI=1S/C17H18ClN3O2/c1-12-5-7-14(8-6-12)11-21-16(18)15(13(2)20-21)17(22)23-10-4-3-9-19/h5-8H,3-4,10-11H2,1-2H3. The van der Waals surface area contributed by atoms with Gasteiger partial charge < -0.3 is 4.74 Å². The Bertz CT molecular complexity index is 730. The number of nitriles is 1. The molecule has 2 aromatic rings. The Morgan fingerprint density at radius 3 is 2.70 bits per heavy atom. The first-order valence-electron chi connectivity index (χ1n) is 7.35. The molecular weight excluding hydrogens is 314 g/mol. The van der Waals surface area contributed by atoms with Crippen molar-refractivity contribution < 1.29 is 9.53 Å². The largest absolute Gasteiger partial charge is 0.462 e. The van der Waals surface area contributed by atoms with E-state index < -0.39 is 5.97 Å². The van der Waals surface area contributed by atoms with Gasteiger partial charge >= 0.3 is 5.97 Å². The van der Waals surface area contributed by atoms with Crippen molar-refractivity contribution in [2.75, 3.05) is 6.61 Å². The molecule has 6 heteroatoms. The smallest absolute Gasteiger partial charge is 0.343 e. The molecule has 0 spiro atoms. The highest BCUT2D eigenvalue weighted by molar-refractivity contribution is 6.32. The zero-order chi connectivity index (χ0) is 16.8. The molecule has 0 radical (unpaired) electrons. The Morgan fingerprint density at radius 2 is 2.04 bits per heavy atom. The summed E-state index contributed by atoms with van der Waals surface area (Å²) in [5.41, 5.74) is 3.05. The van der Waals surface area contributed by atoms with Crippen LogP contribution in [0.2, 0.25) is 5.15 Å². The summed E-state index contributed by atoms with van der Waals surface area (Å²) in [5, 5.41) is 13.1. The number of esters is 1. The number of carbonyl (C=O) groups is 1. The summed E-state index contributed by atoms with van der Waals surface area (Å²) in [4.78, 5) is 12.1. The lowest BCUT2D eigenvalue weighted by molar-refractivity contribution is 0.0501. The molecule has 0 amide bonds. The Balaban J connectivity index is 2.11. The lowest BCUT2D eigenvalue weighted by Crippen LogP contribution is -2.08. The molecule has 0 N–H and O–H groups in total. The van der Waals surface area contributed by atoms with E-state index in [4.69, 9.17) is 21.6 Å². The van der Waals surface area contributed by atoms with E-state index in [1.165, 1.54) is 5.56 Å². The fourth-order valence-corrected chi connectivity index (χ4v) is 2.46. The topological polar surface area (TPSA) is 67.9 Å². The number of hydrogen-bond donors (Lipinski definition) is 0. The van der Waals surface area contributed by atoms with Crippen molar-refractivity contribution in [3.05, 3.63) is 51.8 Å². The van der Waals surface area contributed by atoms with Crippen LogP contribution in [0.3, 0.4) is 0 Å². The van der Waals surface area contributed by atoms with Gasteiger partial charge in [0.05, 0.1) is 24.9 Å². The summed E-state index contributed by atoms with van der Waals surface area (Å²) in [6.45, 7) is 4.44. The van der Waals surface area contributed by atoms with E-state index in [0.717, 1.165) is 5.56 Å². The first kappa shape index (κ1) is 17.0. The zero-order valence-electron chi connectivity index (χ0n) is 13.2. The molecule has 2 rings (SSSR count). The summed E-state index contributed by atoms with van der Waals surface area (Å²) in [6, 6.07) is 10.0. The molecular formula is C17H18ClN3O2. The summed E-state index contributed by atoms with van der Waals surface area (Å²) < 4.78 is 6.73. The summed E-state index contributed by atoms with van der Waals surface area (Å²) in [5.74, 6) is -0.499. The van der Waals surface area contributed by atoms with Crippen molar-refractivity contribution in [2.45, 2.75) is 33.2 Å². The third kappa shape index (κ3) is 4.33. The van der Waals surface area contributed by atoms with Crippen molar-refractivity contribution in [1.29, 1.82) is 5.26 Å². The maximum absolute atomic E-state index is 12.1. The number of halogens is 1. The number of aryl methyl sites for hydroxylation is 2. The van der Waals surface area contributed by atoms with Gasteiger partial charge in [0.1, 0.15) is 10.7 Å². The number of unbranched alkanes of at least 4 members (excludes halogenated alkanes) is 1. The van der Waals surface area contributed by atoms with Gasteiger partial charge in [0.2, 0.25) is 0 Å². The van der Waals surface area contributed by atoms with Gasteiger partial charge in [-0.2, -0.15) is 10.4 Å². The second-order valence-corrected chi connectivity index (χ2v) is 5.65. The van der Waals surface area contributed by atoms with E-state index in [0.29, 0.717) is 25.1 Å². The van der Waals surface area contributed by atoms with Crippen molar-refractivity contribution in [3.8, 4) is 6.07 Å². The lowest BCUT2D eigenvalue weighted by Gasteiger charge is -2.05. The second kappa shape index (κ2) is 7.80. The Kier molecular flexibility index (Phi) is 5.78. The van der Waals surface area contributed by atoms with Gasteiger partial charge in [0.25, 0.3) is 0 Å². The minimum absolute atomic E-state index is 0.200. The highest BCUT2D eigenvalue weighted by Crippen LogP contribution is 2.22. The van der Waals surface area contributed by atoms with E-state index in [2.05, 4.69) is 5.10 Å². The van der Waals surface area contributed by atoms with Crippen LogP contribution in [-0.4, -0.2) is 22.4 Å². The molecule has 5 nitrogen and oxygen atoms in total. The number of rotatable bonds is 6. The first-order valence-corrected chi connectivity index (χ1v) is 7.73. The van der Waals surface area contributed by atoms with Crippen molar-refractivity contribution in [3.63, 3.8) is 0 Å². The molecule has 120 valence electrons. The van der Waals surface area contributed by atoms with Crippen LogP contribution in [0.4, 0.5) is 0 Å². The highest BCUT2D eigenvalue weighted by Gasteiger charge is 2.21. The Morgan fingerprint density at radius 1 is 1.35 bits per heavy atom. The molecule has 0 unspecified atom stereocenters. The Labute approximate surface area is 140 Å². The predicted molar refractivity (Wildman–Crippen MR) is 87.4 cm³/mol.